The normalized spacial score (nSPS) is 10.5. The summed E-state index contributed by atoms with van der Waals surface area (Å²) in [5.41, 5.74) is -0.0164. The number of halogens is 4. The molecule has 5 heteroatoms. The van der Waals surface area contributed by atoms with E-state index in [-0.39, 0.29) is 17.5 Å². The summed E-state index contributed by atoms with van der Waals surface area (Å²) >= 11 is 1.81. The minimum Gasteiger partial charge on any atom is -0.294 e. The van der Waals surface area contributed by atoms with Crippen molar-refractivity contribution in [3.05, 3.63) is 68.5 Å². The first-order valence-electron chi connectivity index (χ1n) is 5.40. The maximum Gasteiger partial charge on any atom is 0.168 e. The molecule has 0 aromatic heterocycles. The fourth-order valence-electron chi connectivity index (χ4n) is 1.67. The van der Waals surface area contributed by atoms with Gasteiger partial charge in [-0.2, -0.15) is 0 Å². The Balaban J connectivity index is 2.31. The standard InChI is InChI=1S/C14H8F3IO/c15-8-4-5-9(13(18)6-8)14(19)7-10-11(16)2-1-3-12(10)17/h1-6H,7H2. The monoisotopic (exact) mass is 376 g/mol. The number of carbonyl (C=O) groups is 1. The van der Waals surface area contributed by atoms with Gasteiger partial charge in [0, 0.05) is 21.1 Å². The fraction of sp³-hybridized carbons (Fsp3) is 0.0714. The zero-order valence-electron chi connectivity index (χ0n) is 9.59. The minimum absolute atomic E-state index is 0.254. The van der Waals surface area contributed by atoms with Gasteiger partial charge in [-0.1, -0.05) is 6.07 Å². The number of benzene rings is 2. The van der Waals surface area contributed by atoms with E-state index in [0.717, 1.165) is 18.2 Å². The first kappa shape index (κ1) is 14.0. The molecule has 0 fully saturated rings. The van der Waals surface area contributed by atoms with E-state index in [4.69, 9.17) is 0 Å². The van der Waals surface area contributed by atoms with Crippen LogP contribution < -0.4 is 0 Å². The third-order valence-electron chi connectivity index (χ3n) is 2.63. The Labute approximate surface area is 121 Å². The maximum atomic E-state index is 13.4. The highest BCUT2D eigenvalue weighted by Gasteiger charge is 2.16. The summed E-state index contributed by atoms with van der Waals surface area (Å²) in [5.74, 6) is -2.43. The zero-order valence-corrected chi connectivity index (χ0v) is 11.7. The number of hydrogen-bond acceptors (Lipinski definition) is 1. The molecule has 0 aliphatic heterocycles. The molecule has 0 radical (unpaired) electrons. The molecule has 2 aromatic rings. The SMILES string of the molecule is O=C(Cc1c(F)cccc1F)c1ccc(F)cc1I. The lowest BCUT2D eigenvalue weighted by molar-refractivity contribution is 0.0989. The van der Waals surface area contributed by atoms with Crippen LogP contribution in [0.5, 0.6) is 0 Å². The van der Waals surface area contributed by atoms with Crippen molar-refractivity contribution < 1.29 is 18.0 Å². The number of hydrogen-bond donors (Lipinski definition) is 0. The largest absolute Gasteiger partial charge is 0.294 e. The molecular weight excluding hydrogens is 368 g/mol. The van der Waals surface area contributed by atoms with Gasteiger partial charge in [-0.15, -0.1) is 0 Å². The molecule has 2 aromatic carbocycles. The van der Waals surface area contributed by atoms with E-state index in [2.05, 4.69) is 0 Å². The molecule has 19 heavy (non-hydrogen) atoms. The molecule has 0 unspecified atom stereocenters. The quantitative estimate of drug-likeness (QED) is 0.582. The number of Topliss-reactive ketones (excluding diaryl/α,β-unsaturated/α-hetero) is 1. The van der Waals surface area contributed by atoms with Gasteiger partial charge in [0.15, 0.2) is 5.78 Å². The van der Waals surface area contributed by atoms with Crippen LogP contribution in [-0.2, 0) is 6.42 Å². The molecule has 0 aliphatic rings. The summed E-state index contributed by atoms with van der Waals surface area (Å²) in [4.78, 5) is 12.0. The molecule has 0 saturated heterocycles. The highest BCUT2D eigenvalue weighted by molar-refractivity contribution is 14.1. The first-order chi connectivity index (χ1) is 8.99. The smallest absolute Gasteiger partial charge is 0.168 e. The Bertz CT molecular complexity index is 620. The van der Waals surface area contributed by atoms with Crippen LogP contribution in [0.2, 0.25) is 0 Å². The van der Waals surface area contributed by atoms with Crippen LogP contribution in [0.25, 0.3) is 0 Å². The fourth-order valence-corrected chi connectivity index (χ4v) is 2.45. The van der Waals surface area contributed by atoms with Crippen LogP contribution in [-0.4, -0.2) is 5.78 Å². The minimum atomic E-state index is -0.759. The molecular formula is C14H8F3IO. The van der Waals surface area contributed by atoms with Gasteiger partial charge in [0.05, 0.1) is 0 Å². The first-order valence-corrected chi connectivity index (χ1v) is 6.48. The molecule has 1 nitrogen and oxygen atoms in total. The second-order valence-electron chi connectivity index (χ2n) is 3.92. The van der Waals surface area contributed by atoms with Crippen molar-refractivity contribution >= 4 is 28.4 Å². The lowest BCUT2D eigenvalue weighted by Crippen LogP contribution is -2.09. The van der Waals surface area contributed by atoms with Crippen molar-refractivity contribution in [2.75, 3.05) is 0 Å². The van der Waals surface area contributed by atoms with Crippen molar-refractivity contribution in [1.82, 2.24) is 0 Å². The predicted octanol–water partition coefficient (Wildman–Crippen LogP) is 4.13. The summed E-state index contributed by atoms with van der Waals surface area (Å²) < 4.78 is 40.2. The highest BCUT2D eigenvalue weighted by Crippen LogP contribution is 2.19. The molecule has 98 valence electrons. The van der Waals surface area contributed by atoms with Gasteiger partial charge in [0.2, 0.25) is 0 Å². The number of ketones is 1. The lowest BCUT2D eigenvalue weighted by Gasteiger charge is -2.06. The number of carbonyl (C=O) groups excluding carboxylic acids is 1. The molecule has 0 amide bonds. The van der Waals surface area contributed by atoms with E-state index in [1.807, 2.05) is 22.6 Å². The summed E-state index contributed by atoms with van der Waals surface area (Å²) in [7, 11) is 0. The van der Waals surface area contributed by atoms with E-state index in [0.29, 0.717) is 3.57 Å². The predicted molar refractivity (Wildman–Crippen MR) is 73.5 cm³/mol. The van der Waals surface area contributed by atoms with Crippen LogP contribution in [0.4, 0.5) is 13.2 Å². The van der Waals surface area contributed by atoms with Gasteiger partial charge < -0.3 is 0 Å². The van der Waals surface area contributed by atoms with Gasteiger partial charge in [-0.25, -0.2) is 13.2 Å². The van der Waals surface area contributed by atoms with E-state index < -0.39 is 23.2 Å². The highest BCUT2D eigenvalue weighted by atomic mass is 127. The Morgan fingerprint density at radius 2 is 1.68 bits per heavy atom. The van der Waals surface area contributed by atoms with Crippen molar-refractivity contribution in [3.8, 4) is 0 Å². The van der Waals surface area contributed by atoms with E-state index in [1.54, 1.807) is 0 Å². The zero-order chi connectivity index (χ0) is 14.0. The summed E-state index contributed by atoms with van der Waals surface area (Å²) in [6.07, 6.45) is -0.389. The van der Waals surface area contributed by atoms with Gasteiger partial charge >= 0.3 is 0 Å². The van der Waals surface area contributed by atoms with E-state index in [9.17, 15) is 18.0 Å². The van der Waals surface area contributed by atoms with Crippen LogP contribution in [0, 0.1) is 21.0 Å². The Hall–Kier alpha value is -1.37. The van der Waals surface area contributed by atoms with E-state index in [1.165, 1.54) is 18.2 Å². The third kappa shape index (κ3) is 3.15. The average molecular weight is 376 g/mol. The molecule has 0 heterocycles. The molecule has 0 N–H and O–H groups in total. The molecule has 0 atom stereocenters. The van der Waals surface area contributed by atoms with Gasteiger partial charge in [0.25, 0.3) is 0 Å². The second kappa shape index (κ2) is 5.73. The topological polar surface area (TPSA) is 17.1 Å². The average Bonchev–Trinajstić information content (AvgIpc) is 2.33. The van der Waals surface area contributed by atoms with Crippen LogP contribution in [0.3, 0.4) is 0 Å². The molecule has 0 bridgehead atoms. The summed E-state index contributed by atoms with van der Waals surface area (Å²) in [6, 6.07) is 7.10. The van der Waals surface area contributed by atoms with Crippen molar-refractivity contribution in [1.29, 1.82) is 0 Å². The molecule has 0 aliphatic carbocycles. The van der Waals surface area contributed by atoms with Crippen LogP contribution >= 0.6 is 22.6 Å². The van der Waals surface area contributed by atoms with E-state index >= 15 is 0 Å². The van der Waals surface area contributed by atoms with Gasteiger partial charge in [0.1, 0.15) is 17.5 Å². The summed E-state index contributed by atoms with van der Waals surface area (Å²) in [5, 5.41) is 0. The molecule has 0 saturated carbocycles. The third-order valence-corrected chi connectivity index (χ3v) is 3.52. The molecule has 2 rings (SSSR count). The lowest BCUT2D eigenvalue weighted by atomic mass is 10.0. The van der Waals surface area contributed by atoms with Gasteiger partial charge in [-0.3, -0.25) is 4.79 Å². The number of rotatable bonds is 3. The maximum absolute atomic E-state index is 13.4. The molecule has 0 spiro atoms. The van der Waals surface area contributed by atoms with Crippen molar-refractivity contribution in [2.24, 2.45) is 0 Å². The van der Waals surface area contributed by atoms with Crippen LogP contribution in [0.1, 0.15) is 15.9 Å². The Morgan fingerprint density at radius 1 is 1.05 bits per heavy atom. The Morgan fingerprint density at radius 3 is 2.26 bits per heavy atom. The van der Waals surface area contributed by atoms with Crippen molar-refractivity contribution in [3.63, 3.8) is 0 Å². The Kier molecular flexibility index (Phi) is 4.24. The second-order valence-corrected chi connectivity index (χ2v) is 5.09. The summed E-state index contributed by atoms with van der Waals surface area (Å²) in [6.45, 7) is 0. The van der Waals surface area contributed by atoms with Crippen LogP contribution in [0.15, 0.2) is 36.4 Å². The van der Waals surface area contributed by atoms with Crippen molar-refractivity contribution in [2.45, 2.75) is 6.42 Å². The van der Waals surface area contributed by atoms with Gasteiger partial charge in [-0.05, 0) is 52.9 Å².